The molecule has 9 heteroatoms. The average Bonchev–Trinajstić information content (AvgIpc) is 3.09. The van der Waals surface area contributed by atoms with Crippen molar-refractivity contribution in [3.8, 4) is 11.5 Å². The lowest BCUT2D eigenvalue weighted by molar-refractivity contribution is 0.405. The van der Waals surface area contributed by atoms with Crippen molar-refractivity contribution in [3.05, 3.63) is 69.4 Å². The Kier molecular flexibility index (Phi) is 3.99. The molecule has 0 bridgehead atoms. The molecule has 0 saturated heterocycles. The molecule has 142 valence electrons. The van der Waals surface area contributed by atoms with E-state index in [1.165, 1.54) is 23.7 Å². The van der Waals surface area contributed by atoms with Gasteiger partial charge in [0.15, 0.2) is 17.1 Å². The fourth-order valence-corrected chi connectivity index (χ4v) is 3.24. The number of imidazole rings is 1. The van der Waals surface area contributed by atoms with Gasteiger partial charge in [0, 0.05) is 37.8 Å². The van der Waals surface area contributed by atoms with Crippen molar-refractivity contribution in [1.82, 2.24) is 24.1 Å². The van der Waals surface area contributed by atoms with E-state index in [1.807, 2.05) is 0 Å². The smallest absolute Gasteiger partial charge is 0.332 e. The van der Waals surface area contributed by atoms with E-state index in [-0.39, 0.29) is 35.6 Å². The number of hydrogen-bond acceptors (Lipinski definition) is 6. The molecule has 4 rings (SSSR count). The first kappa shape index (κ1) is 17.5. The maximum atomic E-state index is 12.4. The number of aromatic nitrogens is 5. The quantitative estimate of drug-likeness (QED) is 0.361. The monoisotopic (exact) mass is 379 g/mol. The van der Waals surface area contributed by atoms with Gasteiger partial charge in [-0.3, -0.25) is 18.9 Å². The van der Waals surface area contributed by atoms with E-state index in [4.69, 9.17) is 0 Å². The van der Waals surface area contributed by atoms with Gasteiger partial charge >= 0.3 is 5.69 Å². The van der Waals surface area contributed by atoms with Crippen LogP contribution < -0.4 is 11.2 Å². The Hall–Kier alpha value is -3.88. The third kappa shape index (κ3) is 2.64. The molecular formula is C19H17N5O4. The zero-order valence-corrected chi connectivity index (χ0v) is 15.0. The van der Waals surface area contributed by atoms with Gasteiger partial charge in [0.25, 0.3) is 5.56 Å². The van der Waals surface area contributed by atoms with Crippen LogP contribution in [0, 0.1) is 0 Å². The molecule has 0 atom stereocenters. The predicted octanol–water partition coefficient (Wildman–Crippen LogP) is 1.16. The minimum Gasteiger partial charge on any atom is -0.504 e. The number of hydrogen-bond donors (Lipinski definition) is 3. The first-order chi connectivity index (χ1) is 13.4. The van der Waals surface area contributed by atoms with Crippen LogP contribution in [-0.2, 0) is 20.0 Å². The summed E-state index contributed by atoms with van der Waals surface area (Å²) in [4.78, 5) is 36.4. The number of aromatic amines is 1. The van der Waals surface area contributed by atoms with Gasteiger partial charge in [0.2, 0.25) is 0 Å². The Morgan fingerprint density at radius 2 is 1.96 bits per heavy atom. The molecule has 0 amide bonds. The van der Waals surface area contributed by atoms with E-state index in [2.05, 4.69) is 21.5 Å². The number of nitrogens with one attached hydrogen (secondary N) is 1. The lowest BCUT2D eigenvalue weighted by atomic mass is 10.0. The second kappa shape index (κ2) is 6.38. The molecule has 1 aromatic carbocycles. The average molecular weight is 379 g/mol. The molecule has 4 aromatic rings. The van der Waals surface area contributed by atoms with E-state index in [1.54, 1.807) is 18.5 Å². The van der Waals surface area contributed by atoms with Crippen molar-refractivity contribution >= 4 is 21.9 Å². The van der Waals surface area contributed by atoms with E-state index in [9.17, 15) is 19.8 Å². The van der Waals surface area contributed by atoms with Crippen LogP contribution in [0.2, 0.25) is 0 Å². The number of rotatable bonds is 4. The molecule has 9 nitrogen and oxygen atoms in total. The van der Waals surface area contributed by atoms with Crippen LogP contribution in [0.15, 0.2) is 46.8 Å². The van der Waals surface area contributed by atoms with Crippen LogP contribution in [0.4, 0.5) is 0 Å². The zero-order valence-electron chi connectivity index (χ0n) is 15.0. The van der Waals surface area contributed by atoms with E-state index < -0.39 is 11.2 Å². The molecule has 28 heavy (non-hydrogen) atoms. The summed E-state index contributed by atoms with van der Waals surface area (Å²) in [5, 5.41) is 20.9. The minimum absolute atomic E-state index is 0.219. The molecule has 0 unspecified atom stereocenters. The van der Waals surface area contributed by atoms with Crippen LogP contribution in [0.3, 0.4) is 0 Å². The van der Waals surface area contributed by atoms with Crippen LogP contribution in [0.25, 0.3) is 21.9 Å². The van der Waals surface area contributed by atoms with Crippen LogP contribution in [0.5, 0.6) is 11.5 Å². The van der Waals surface area contributed by atoms with Gasteiger partial charge in [-0.15, -0.1) is 6.58 Å². The van der Waals surface area contributed by atoms with Crippen molar-refractivity contribution in [2.75, 3.05) is 0 Å². The number of phenolic OH excluding ortho intramolecular Hbond substituents is 2. The Bertz CT molecular complexity index is 1360. The third-order valence-corrected chi connectivity index (χ3v) is 4.63. The van der Waals surface area contributed by atoms with Gasteiger partial charge in [-0.2, -0.15) is 0 Å². The summed E-state index contributed by atoms with van der Waals surface area (Å²) in [5.41, 5.74) is 0.297. The summed E-state index contributed by atoms with van der Waals surface area (Å²) < 4.78 is 2.39. The summed E-state index contributed by atoms with van der Waals surface area (Å²) in [5.74, 6) is 0.00255. The van der Waals surface area contributed by atoms with E-state index in [0.29, 0.717) is 16.6 Å². The topological polar surface area (TPSA) is 126 Å². The maximum Gasteiger partial charge on any atom is 0.332 e. The Morgan fingerprint density at radius 3 is 2.71 bits per heavy atom. The van der Waals surface area contributed by atoms with Gasteiger partial charge < -0.3 is 15.2 Å². The van der Waals surface area contributed by atoms with Gasteiger partial charge in [-0.05, 0) is 23.1 Å². The SMILES string of the molecule is C=CCn1c(=O)n(C)c(=O)c2[nH]c(Cc3cncc4cc(O)c(O)cc34)nc21. The molecule has 0 aliphatic carbocycles. The number of allylic oxidation sites excluding steroid dienone is 1. The largest absolute Gasteiger partial charge is 0.504 e. The number of aromatic hydroxyl groups is 2. The first-order valence-electron chi connectivity index (χ1n) is 8.48. The highest BCUT2D eigenvalue weighted by Gasteiger charge is 2.16. The molecule has 0 fully saturated rings. The standard InChI is InChI=1S/C19H17N5O4/c1-3-4-24-17-16(18(27)23(2)19(24)28)21-15(22-17)6-11-9-20-8-10-5-13(25)14(26)7-12(10)11/h3,5,7-9,25-26H,1,4,6H2,2H3,(H,21,22). The number of pyridine rings is 1. The lowest BCUT2D eigenvalue weighted by Crippen LogP contribution is -2.38. The summed E-state index contributed by atoms with van der Waals surface area (Å²) in [6, 6.07) is 2.88. The van der Waals surface area contributed by atoms with Crippen molar-refractivity contribution in [1.29, 1.82) is 0 Å². The van der Waals surface area contributed by atoms with Crippen LogP contribution in [0.1, 0.15) is 11.4 Å². The first-order valence-corrected chi connectivity index (χ1v) is 8.48. The second-order valence-electron chi connectivity index (χ2n) is 6.47. The van der Waals surface area contributed by atoms with Gasteiger partial charge in [0.1, 0.15) is 11.3 Å². The molecule has 0 saturated carbocycles. The zero-order chi connectivity index (χ0) is 20.0. The molecule has 3 N–H and O–H groups in total. The number of fused-ring (bicyclic) bond motifs is 2. The van der Waals surface area contributed by atoms with Crippen molar-refractivity contribution < 1.29 is 10.2 Å². The minimum atomic E-state index is -0.470. The summed E-state index contributed by atoms with van der Waals surface area (Å²) in [6.07, 6.45) is 5.05. The lowest BCUT2D eigenvalue weighted by Gasteiger charge is -2.06. The third-order valence-electron chi connectivity index (χ3n) is 4.63. The number of nitrogens with zero attached hydrogens (tertiary/aromatic N) is 4. The highest BCUT2D eigenvalue weighted by molar-refractivity contribution is 5.88. The highest BCUT2D eigenvalue weighted by Crippen LogP contribution is 2.31. The van der Waals surface area contributed by atoms with Crippen molar-refractivity contribution in [2.45, 2.75) is 13.0 Å². The molecular weight excluding hydrogens is 362 g/mol. The Balaban J connectivity index is 1.89. The number of H-pyrrole nitrogens is 1. The number of benzene rings is 1. The fraction of sp³-hybridized carbons (Fsp3) is 0.158. The van der Waals surface area contributed by atoms with Crippen LogP contribution in [-0.4, -0.2) is 34.3 Å². The van der Waals surface area contributed by atoms with Crippen molar-refractivity contribution in [3.63, 3.8) is 0 Å². The number of phenols is 2. The summed E-state index contributed by atoms with van der Waals surface area (Å²) in [6.45, 7) is 3.86. The molecule has 0 radical (unpaired) electrons. The van der Waals surface area contributed by atoms with Crippen LogP contribution >= 0.6 is 0 Å². The Labute approximate surface area is 157 Å². The predicted molar refractivity (Wildman–Crippen MR) is 104 cm³/mol. The van der Waals surface area contributed by atoms with Gasteiger partial charge in [0.05, 0.1) is 0 Å². The van der Waals surface area contributed by atoms with Crippen molar-refractivity contribution in [2.24, 2.45) is 7.05 Å². The van der Waals surface area contributed by atoms with E-state index >= 15 is 0 Å². The summed E-state index contributed by atoms with van der Waals surface area (Å²) >= 11 is 0. The van der Waals surface area contributed by atoms with E-state index in [0.717, 1.165) is 10.1 Å². The maximum absolute atomic E-state index is 12.4. The molecule has 0 aliphatic heterocycles. The second-order valence-corrected chi connectivity index (χ2v) is 6.47. The summed E-state index contributed by atoms with van der Waals surface area (Å²) in [7, 11) is 1.41. The highest BCUT2D eigenvalue weighted by atomic mass is 16.3. The molecule has 3 heterocycles. The molecule has 0 aliphatic rings. The van der Waals surface area contributed by atoms with Gasteiger partial charge in [-0.1, -0.05) is 6.08 Å². The Morgan fingerprint density at radius 1 is 1.21 bits per heavy atom. The fourth-order valence-electron chi connectivity index (χ4n) is 3.24. The van der Waals surface area contributed by atoms with Gasteiger partial charge in [-0.25, -0.2) is 9.78 Å². The molecule has 3 aromatic heterocycles. The molecule has 0 spiro atoms. The normalized spacial score (nSPS) is 11.3.